The third-order valence-corrected chi connectivity index (χ3v) is 4.10. The summed E-state index contributed by atoms with van der Waals surface area (Å²) in [4.78, 5) is 0. The van der Waals surface area contributed by atoms with E-state index in [-0.39, 0.29) is 5.82 Å². The van der Waals surface area contributed by atoms with Gasteiger partial charge >= 0.3 is 0 Å². The Morgan fingerprint density at radius 3 is 3.12 bits per heavy atom. The van der Waals surface area contributed by atoms with Crippen LogP contribution in [-0.4, -0.2) is 18.1 Å². The Balaban J connectivity index is 2.00. The second-order valence-electron chi connectivity index (χ2n) is 4.75. The highest BCUT2D eigenvalue weighted by molar-refractivity contribution is 7.98. The zero-order valence-corrected chi connectivity index (χ0v) is 11.3. The van der Waals surface area contributed by atoms with Crippen molar-refractivity contribution in [3.63, 3.8) is 0 Å². The predicted octanol–water partition coefficient (Wildman–Crippen LogP) is 3.54. The maximum atomic E-state index is 13.6. The molecule has 2 unspecified atom stereocenters. The van der Waals surface area contributed by atoms with Crippen molar-refractivity contribution >= 4 is 11.8 Å². The summed E-state index contributed by atoms with van der Waals surface area (Å²) in [5, 5.41) is 3.62. The van der Waals surface area contributed by atoms with Crippen LogP contribution in [-0.2, 0) is 6.42 Å². The first-order valence-corrected chi connectivity index (χ1v) is 7.64. The van der Waals surface area contributed by atoms with E-state index in [1.807, 2.05) is 17.8 Å². The Morgan fingerprint density at radius 1 is 1.53 bits per heavy atom. The summed E-state index contributed by atoms with van der Waals surface area (Å²) in [5.41, 5.74) is 2.09. The van der Waals surface area contributed by atoms with Gasteiger partial charge in [-0.15, -0.1) is 0 Å². The largest absolute Gasteiger partial charge is 0.307 e. The van der Waals surface area contributed by atoms with Crippen molar-refractivity contribution in [3.05, 3.63) is 35.1 Å². The normalized spacial score (nSPS) is 20.3. The van der Waals surface area contributed by atoms with E-state index >= 15 is 0 Å². The van der Waals surface area contributed by atoms with Crippen LogP contribution >= 0.6 is 11.8 Å². The van der Waals surface area contributed by atoms with Crippen LogP contribution in [0, 0.1) is 5.82 Å². The van der Waals surface area contributed by atoms with Gasteiger partial charge in [-0.3, -0.25) is 0 Å². The molecule has 0 saturated carbocycles. The zero-order chi connectivity index (χ0) is 12.3. The number of thioether (sulfide) groups is 1. The van der Waals surface area contributed by atoms with Crippen LogP contribution in [0.15, 0.2) is 18.2 Å². The average molecular weight is 253 g/mol. The Bertz CT molecular complexity index is 380. The summed E-state index contributed by atoms with van der Waals surface area (Å²) >= 11 is 1.88. The predicted molar refractivity (Wildman–Crippen MR) is 73.1 cm³/mol. The van der Waals surface area contributed by atoms with E-state index < -0.39 is 0 Å². The molecule has 0 spiro atoms. The molecule has 94 valence electrons. The Kier molecular flexibility index (Phi) is 4.46. The van der Waals surface area contributed by atoms with Gasteiger partial charge in [0.2, 0.25) is 0 Å². The van der Waals surface area contributed by atoms with Crippen LogP contribution in [0.25, 0.3) is 0 Å². The summed E-state index contributed by atoms with van der Waals surface area (Å²) < 4.78 is 13.6. The lowest BCUT2D eigenvalue weighted by molar-refractivity contribution is 0.446. The van der Waals surface area contributed by atoms with Gasteiger partial charge in [0, 0.05) is 12.1 Å². The number of hydrogen-bond acceptors (Lipinski definition) is 2. The monoisotopic (exact) mass is 253 g/mol. The van der Waals surface area contributed by atoms with Crippen molar-refractivity contribution in [2.45, 2.75) is 38.3 Å². The maximum absolute atomic E-state index is 13.6. The molecular formula is C14H20FNS. The molecule has 0 radical (unpaired) electrons. The fraction of sp³-hybridized carbons (Fsp3) is 0.571. The van der Waals surface area contributed by atoms with E-state index in [0.717, 1.165) is 18.4 Å². The van der Waals surface area contributed by atoms with Crippen molar-refractivity contribution < 1.29 is 4.39 Å². The highest BCUT2D eigenvalue weighted by Gasteiger charge is 2.25. The SMILES string of the molecule is CSCCC(C)NC1CCc2c(F)cccc21. The molecule has 0 heterocycles. The zero-order valence-electron chi connectivity index (χ0n) is 10.5. The van der Waals surface area contributed by atoms with Gasteiger partial charge in [-0.2, -0.15) is 11.8 Å². The van der Waals surface area contributed by atoms with Crippen molar-refractivity contribution in [3.8, 4) is 0 Å². The van der Waals surface area contributed by atoms with Crippen LogP contribution < -0.4 is 5.32 Å². The fourth-order valence-electron chi connectivity index (χ4n) is 2.50. The van der Waals surface area contributed by atoms with E-state index in [0.29, 0.717) is 12.1 Å². The Hall–Kier alpha value is -0.540. The number of rotatable bonds is 5. The first kappa shape index (κ1) is 12.9. The molecule has 1 aliphatic rings. The van der Waals surface area contributed by atoms with Crippen LogP contribution in [0.1, 0.15) is 36.9 Å². The molecule has 0 saturated heterocycles. The molecule has 1 nitrogen and oxygen atoms in total. The molecule has 0 aliphatic heterocycles. The number of hydrogen-bond donors (Lipinski definition) is 1. The first-order chi connectivity index (χ1) is 8.22. The molecule has 17 heavy (non-hydrogen) atoms. The summed E-state index contributed by atoms with van der Waals surface area (Å²) in [6, 6.07) is 6.29. The standard InChI is InChI=1S/C14H20FNS/c1-10(8-9-17-2)16-14-7-6-11-12(14)4-3-5-13(11)15/h3-5,10,14,16H,6-9H2,1-2H3. The third kappa shape index (κ3) is 3.02. The molecular weight excluding hydrogens is 233 g/mol. The van der Waals surface area contributed by atoms with Gasteiger partial charge < -0.3 is 5.32 Å². The van der Waals surface area contributed by atoms with Gasteiger partial charge in [-0.1, -0.05) is 12.1 Å². The summed E-state index contributed by atoms with van der Waals surface area (Å²) in [5.74, 6) is 1.14. The number of fused-ring (bicyclic) bond motifs is 1. The fourth-order valence-corrected chi connectivity index (χ4v) is 3.09. The lowest BCUT2D eigenvalue weighted by atomic mass is 10.1. The summed E-state index contributed by atoms with van der Waals surface area (Å²) in [7, 11) is 0. The topological polar surface area (TPSA) is 12.0 Å². The van der Waals surface area contributed by atoms with Gasteiger partial charge in [0.1, 0.15) is 5.82 Å². The molecule has 2 rings (SSSR count). The van der Waals surface area contributed by atoms with Crippen LogP contribution in [0.4, 0.5) is 4.39 Å². The Labute approximate surface area is 107 Å². The summed E-state index contributed by atoms with van der Waals surface area (Å²) in [6.07, 6.45) is 5.20. The van der Waals surface area contributed by atoms with Crippen molar-refractivity contribution in [1.82, 2.24) is 5.32 Å². The first-order valence-electron chi connectivity index (χ1n) is 6.24. The number of halogens is 1. The van der Waals surface area contributed by atoms with Gasteiger partial charge in [0.25, 0.3) is 0 Å². The van der Waals surface area contributed by atoms with E-state index in [1.54, 1.807) is 6.07 Å². The van der Waals surface area contributed by atoms with Crippen molar-refractivity contribution in [1.29, 1.82) is 0 Å². The number of benzene rings is 1. The van der Waals surface area contributed by atoms with E-state index in [9.17, 15) is 4.39 Å². The van der Waals surface area contributed by atoms with Crippen molar-refractivity contribution in [2.75, 3.05) is 12.0 Å². The molecule has 2 atom stereocenters. The molecule has 0 aromatic heterocycles. The van der Waals surface area contributed by atoms with E-state index in [4.69, 9.17) is 0 Å². The molecule has 0 bridgehead atoms. The van der Waals surface area contributed by atoms with Crippen molar-refractivity contribution in [2.24, 2.45) is 0 Å². The van der Waals surface area contributed by atoms with Crippen LogP contribution in [0.5, 0.6) is 0 Å². The summed E-state index contributed by atoms with van der Waals surface area (Å²) in [6.45, 7) is 2.22. The van der Waals surface area contributed by atoms with Gasteiger partial charge in [-0.05, 0) is 55.4 Å². The molecule has 1 aromatic rings. The van der Waals surface area contributed by atoms with E-state index in [1.165, 1.54) is 17.7 Å². The Morgan fingerprint density at radius 2 is 2.35 bits per heavy atom. The maximum Gasteiger partial charge on any atom is 0.126 e. The smallest absolute Gasteiger partial charge is 0.126 e. The molecule has 1 N–H and O–H groups in total. The van der Waals surface area contributed by atoms with E-state index in [2.05, 4.69) is 24.6 Å². The second kappa shape index (κ2) is 5.87. The minimum Gasteiger partial charge on any atom is -0.307 e. The second-order valence-corrected chi connectivity index (χ2v) is 5.73. The van der Waals surface area contributed by atoms with Crippen LogP contribution in [0.3, 0.4) is 0 Å². The average Bonchev–Trinajstić information content (AvgIpc) is 2.71. The third-order valence-electron chi connectivity index (χ3n) is 3.45. The molecule has 0 fully saturated rings. The quantitative estimate of drug-likeness (QED) is 0.861. The molecule has 1 aromatic carbocycles. The lowest BCUT2D eigenvalue weighted by Gasteiger charge is -2.20. The number of nitrogens with one attached hydrogen (secondary N) is 1. The van der Waals surface area contributed by atoms with Gasteiger partial charge in [0.05, 0.1) is 0 Å². The van der Waals surface area contributed by atoms with Gasteiger partial charge in [0.15, 0.2) is 0 Å². The minimum absolute atomic E-state index is 0.0384. The highest BCUT2D eigenvalue weighted by Crippen LogP contribution is 2.33. The van der Waals surface area contributed by atoms with Gasteiger partial charge in [-0.25, -0.2) is 4.39 Å². The lowest BCUT2D eigenvalue weighted by Crippen LogP contribution is -2.29. The molecule has 3 heteroatoms. The van der Waals surface area contributed by atoms with Crippen LogP contribution in [0.2, 0.25) is 0 Å². The highest BCUT2D eigenvalue weighted by atomic mass is 32.2. The molecule has 0 amide bonds. The minimum atomic E-state index is -0.0384. The molecule has 1 aliphatic carbocycles.